The van der Waals surface area contributed by atoms with E-state index in [-0.39, 0.29) is 5.38 Å². The van der Waals surface area contributed by atoms with E-state index in [1.165, 1.54) is 0 Å². The molecule has 0 amide bonds. The predicted molar refractivity (Wildman–Crippen MR) is 66.1 cm³/mol. The first-order chi connectivity index (χ1) is 7.11. The van der Waals surface area contributed by atoms with Gasteiger partial charge in [-0.15, -0.1) is 11.6 Å². The fourth-order valence-corrected chi connectivity index (χ4v) is 1.62. The van der Waals surface area contributed by atoms with E-state index in [1.54, 1.807) is 6.20 Å². The van der Waals surface area contributed by atoms with Crippen LogP contribution >= 0.6 is 11.6 Å². The van der Waals surface area contributed by atoms with Gasteiger partial charge in [0, 0.05) is 23.5 Å². The molecule has 1 unspecified atom stereocenters. The molecule has 0 spiro atoms. The first kappa shape index (κ1) is 12.3. The van der Waals surface area contributed by atoms with Crippen LogP contribution in [0.3, 0.4) is 0 Å². The van der Waals surface area contributed by atoms with Gasteiger partial charge in [0.05, 0.1) is 0 Å². The van der Waals surface area contributed by atoms with Gasteiger partial charge in [-0.1, -0.05) is 13.8 Å². The number of hydrogen-bond acceptors (Lipinski definition) is 2. The molecule has 84 valence electrons. The summed E-state index contributed by atoms with van der Waals surface area (Å²) in [7, 11) is 0. The van der Waals surface area contributed by atoms with Gasteiger partial charge < -0.3 is 5.73 Å². The van der Waals surface area contributed by atoms with Crippen LogP contribution < -0.4 is 5.73 Å². The van der Waals surface area contributed by atoms with Gasteiger partial charge in [-0.25, -0.2) is 0 Å². The van der Waals surface area contributed by atoms with Crippen LogP contribution in [0.15, 0.2) is 18.5 Å². The molecule has 0 aromatic carbocycles. The Hall–Kier alpha value is -0.760. The van der Waals surface area contributed by atoms with Crippen LogP contribution in [0.2, 0.25) is 0 Å². The zero-order valence-corrected chi connectivity index (χ0v) is 10.2. The van der Waals surface area contributed by atoms with Gasteiger partial charge in [-0.05, 0) is 36.8 Å². The number of nitrogens with two attached hydrogens (primary N) is 1. The molecule has 0 saturated heterocycles. The highest BCUT2D eigenvalue weighted by Crippen LogP contribution is 2.18. The Balaban J connectivity index is 2.35. The van der Waals surface area contributed by atoms with Crippen molar-refractivity contribution in [3.63, 3.8) is 0 Å². The lowest BCUT2D eigenvalue weighted by atomic mass is 10.0. The van der Waals surface area contributed by atoms with Gasteiger partial charge in [0.15, 0.2) is 0 Å². The quantitative estimate of drug-likeness (QED) is 0.783. The molecule has 1 aromatic heterocycles. The van der Waals surface area contributed by atoms with Gasteiger partial charge >= 0.3 is 0 Å². The molecule has 0 fully saturated rings. The normalized spacial score (nSPS) is 13.1. The lowest BCUT2D eigenvalue weighted by molar-refractivity contribution is 0.547. The Morgan fingerprint density at radius 1 is 1.47 bits per heavy atom. The monoisotopic (exact) mass is 226 g/mol. The summed E-state index contributed by atoms with van der Waals surface area (Å²) in [6.07, 6.45) is 6.64. The topological polar surface area (TPSA) is 38.9 Å². The van der Waals surface area contributed by atoms with Crippen molar-refractivity contribution < 1.29 is 0 Å². The van der Waals surface area contributed by atoms with Crippen LogP contribution in [0.4, 0.5) is 5.69 Å². The number of aromatic nitrogens is 1. The fourth-order valence-electron chi connectivity index (χ4n) is 1.47. The number of halogens is 1. The number of nitrogen functional groups attached to an aromatic ring is 1. The lowest BCUT2D eigenvalue weighted by Crippen LogP contribution is -2.08. The van der Waals surface area contributed by atoms with Crippen LogP contribution in [-0.4, -0.2) is 10.4 Å². The number of anilines is 1. The molecular weight excluding hydrogens is 208 g/mol. The van der Waals surface area contributed by atoms with Crippen molar-refractivity contribution in [1.29, 1.82) is 0 Å². The third-order valence-electron chi connectivity index (χ3n) is 2.59. The minimum atomic E-state index is 0.267. The summed E-state index contributed by atoms with van der Waals surface area (Å²) >= 11 is 6.17. The molecule has 3 heteroatoms. The smallest absolute Gasteiger partial charge is 0.0377 e. The van der Waals surface area contributed by atoms with Crippen LogP contribution in [0.5, 0.6) is 0 Å². The SMILES string of the molecule is CC(C)C(Cl)CCCc1cnccc1N. The molecule has 0 aliphatic rings. The van der Waals surface area contributed by atoms with E-state index in [0.29, 0.717) is 5.92 Å². The maximum absolute atomic E-state index is 6.17. The van der Waals surface area contributed by atoms with E-state index in [2.05, 4.69) is 18.8 Å². The third-order valence-corrected chi connectivity index (χ3v) is 3.31. The lowest BCUT2D eigenvalue weighted by Gasteiger charge is -2.12. The number of alkyl halides is 1. The Bertz CT molecular complexity index is 299. The van der Waals surface area contributed by atoms with Crippen LogP contribution in [0.1, 0.15) is 32.3 Å². The molecule has 1 atom stereocenters. The highest BCUT2D eigenvalue weighted by molar-refractivity contribution is 6.20. The molecule has 1 aromatic rings. The Labute approximate surface area is 96.8 Å². The highest BCUT2D eigenvalue weighted by atomic mass is 35.5. The van der Waals surface area contributed by atoms with Gasteiger partial charge in [0.2, 0.25) is 0 Å². The molecule has 0 aliphatic carbocycles. The van der Waals surface area contributed by atoms with Crippen LogP contribution in [-0.2, 0) is 6.42 Å². The second kappa shape index (κ2) is 5.96. The van der Waals surface area contributed by atoms with Gasteiger partial charge in [0.25, 0.3) is 0 Å². The Kier molecular flexibility index (Phi) is 4.89. The minimum Gasteiger partial charge on any atom is -0.398 e. The maximum atomic E-state index is 6.17. The number of rotatable bonds is 5. The van der Waals surface area contributed by atoms with Gasteiger partial charge in [-0.2, -0.15) is 0 Å². The highest BCUT2D eigenvalue weighted by Gasteiger charge is 2.09. The summed E-state index contributed by atoms with van der Waals surface area (Å²) in [5, 5.41) is 0.267. The second-order valence-corrected chi connectivity index (χ2v) is 4.79. The molecule has 2 nitrogen and oxygen atoms in total. The average Bonchev–Trinajstić information content (AvgIpc) is 2.20. The summed E-state index contributed by atoms with van der Waals surface area (Å²) in [4.78, 5) is 4.07. The van der Waals surface area contributed by atoms with E-state index in [0.717, 1.165) is 30.5 Å². The Morgan fingerprint density at radius 3 is 2.80 bits per heavy atom. The molecule has 1 heterocycles. The van der Waals surface area contributed by atoms with E-state index < -0.39 is 0 Å². The molecule has 0 aliphatic heterocycles. The van der Waals surface area contributed by atoms with Crippen LogP contribution in [0.25, 0.3) is 0 Å². The van der Waals surface area contributed by atoms with E-state index in [1.807, 2.05) is 12.3 Å². The number of nitrogens with zero attached hydrogens (tertiary/aromatic N) is 1. The molecule has 1 rings (SSSR count). The molecule has 2 N–H and O–H groups in total. The van der Waals surface area contributed by atoms with Crippen molar-refractivity contribution in [2.75, 3.05) is 5.73 Å². The van der Waals surface area contributed by atoms with Crippen molar-refractivity contribution in [1.82, 2.24) is 4.98 Å². The van der Waals surface area contributed by atoms with Crippen molar-refractivity contribution in [2.24, 2.45) is 5.92 Å². The van der Waals surface area contributed by atoms with Crippen molar-refractivity contribution in [3.8, 4) is 0 Å². The fraction of sp³-hybridized carbons (Fsp3) is 0.583. The zero-order valence-electron chi connectivity index (χ0n) is 9.41. The Morgan fingerprint density at radius 2 is 2.20 bits per heavy atom. The first-order valence-corrected chi connectivity index (χ1v) is 5.87. The summed E-state index contributed by atoms with van der Waals surface area (Å²) in [5.74, 6) is 0.540. The van der Waals surface area contributed by atoms with Crippen molar-refractivity contribution in [2.45, 2.75) is 38.5 Å². The predicted octanol–water partition coefficient (Wildman–Crippen LogP) is 3.25. The largest absolute Gasteiger partial charge is 0.398 e. The van der Waals surface area contributed by atoms with Gasteiger partial charge in [-0.3, -0.25) is 4.98 Å². The summed E-state index contributed by atoms with van der Waals surface area (Å²) in [5.41, 5.74) is 7.79. The number of aryl methyl sites for hydroxylation is 1. The van der Waals surface area contributed by atoms with E-state index in [4.69, 9.17) is 17.3 Å². The summed E-state index contributed by atoms with van der Waals surface area (Å²) in [6.45, 7) is 4.30. The molecule has 0 radical (unpaired) electrons. The summed E-state index contributed by atoms with van der Waals surface area (Å²) < 4.78 is 0. The van der Waals surface area contributed by atoms with Crippen molar-refractivity contribution in [3.05, 3.63) is 24.0 Å². The standard InChI is InChI=1S/C12H19ClN2/c1-9(2)11(13)5-3-4-10-8-15-7-6-12(10)14/h6-9,11H,3-5H2,1-2H3,(H2,14,15). The maximum Gasteiger partial charge on any atom is 0.0377 e. The van der Waals surface area contributed by atoms with Crippen molar-refractivity contribution >= 4 is 17.3 Å². The molecule has 0 bridgehead atoms. The molecule has 0 saturated carbocycles. The van der Waals surface area contributed by atoms with E-state index in [9.17, 15) is 0 Å². The zero-order chi connectivity index (χ0) is 11.3. The first-order valence-electron chi connectivity index (χ1n) is 5.43. The molecule has 15 heavy (non-hydrogen) atoms. The number of pyridine rings is 1. The summed E-state index contributed by atoms with van der Waals surface area (Å²) in [6, 6.07) is 1.84. The average molecular weight is 227 g/mol. The minimum absolute atomic E-state index is 0.267. The molecular formula is C12H19ClN2. The van der Waals surface area contributed by atoms with Crippen LogP contribution in [0, 0.1) is 5.92 Å². The number of hydrogen-bond donors (Lipinski definition) is 1. The van der Waals surface area contributed by atoms with Gasteiger partial charge in [0.1, 0.15) is 0 Å². The third kappa shape index (κ3) is 4.08. The second-order valence-electron chi connectivity index (χ2n) is 4.23. The van der Waals surface area contributed by atoms with E-state index >= 15 is 0 Å².